The molecule has 0 amide bonds. The minimum Gasteiger partial charge on any atom is -0.491 e. The number of aliphatic imine (C=N–C) groups is 1. The molecule has 1 aliphatic rings. The van der Waals surface area contributed by atoms with Crippen LogP contribution in [0.2, 0.25) is 0 Å². The molecular formula is C16H19N3O. The van der Waals surface area contributed by atoms with E-state index in [0.717, 1.165) is 11.1 Å². The first kappa shape index (κ1) is 12.8. The van der Waals surface area contributed by atoms with E-state index >= 15 is 0 Å². The van der Waals surface area contributed by atoms with E-state index in [2.05, 4.69) is 28.5 Å². The second-order valence-corrected chi connectivity index (χ2v) is 5.01. The first-order valence-electron chi connectivity index (χ1n) is 7.00. The van der Waals surface area contributed by atoms with Crippen LogP contribution >= 0.6 is 0 Å². The van der Waals surface area contributed by atoms with Crippen LogP contribution in [0, 0.1) is 0 Å². The van der Waals surface area contributed by atoms with Crippen molar-refractivity contribution in [2.45, 2.75) is 18.9 Å². The van der Waals surface area contributed by atoms with Crippen molar-refractivity contribution in [1.29, 1.82) is 0 Å². The van der Waals surface area contributed by atoms with Crippen LogP contribution in [0.4, 0.5) is 0 Å². The number of guanidine groups is 1. The predicted octanol–water partition coefficient (Wildman–Crippen LogP) is 2.29. The average Bonchev–Trinajstić information content (AvgIpc) is 3.27. The number of ether oxygens (including phenoxy) is 1. The maximum absolute atomic E-state index is 5.80. The Balaban J connectivity index is 1.57. The van der Waals surface area contributed by atoms with Crippen molar-refractivity contribution in [2.75, 3.05) is 13.2 Å². The highest BCUT2D eigenvalue weighted by atomic mass is 16.5. The summed E-state index contributed by atoms with van der Waals surface area (Å²) < 4.78 is 5.80. The first-order chi connectivity index (χ1) is 9.83. The summed E-state index contributed by atoms with van der Waals surface area (Å²) in [4.78, 5) is 4.26. The molecule has 2 aromatic carbocycles. The zero-order valence-electron chi connectivity index (χ0n) is 11.4. The fraction of sp³-hybridized carbons (Fsp3) is 0.312. The van der Waals surface area contributed by atoms with E-state index in [4.69, 9.17) is 10.5 Å². The molecule has 3 N–H and O–H groups in total. The van der Waals surface area contributed by atoms with Gasteiger partial charge in [-0.2, -0.15) is 0 Å². The SMILES string of the molecule is NC(=NCCOc1cccc2ccccc12)NC1CC1. The number of nitrogens with two attached hydrogens (primary N) is 1. The lowest BCUT2D eigenvalue weighted by Gasteiger charge is -2.08. The Labute approximate surface area is 118 Å². The number of benzene rings is 2. The van der Waals surface area contributed by atoms with Crippen molar-refractivity contribution < 1.29 is 4.74 Å². The summed E-state index contributed by atoms with van der Waals surface area (Å²) >= 11 is 0. The van der Waals surface area contributed by atoms with Crippen molar-refractivity contribution in [3.05, 3.63) is 42.5 Å². The van der Waals surface area contributed by atoms with Crippen LogP contribution in [-0.4, -0.2) is 25.2 Å². The van der Waals surface area contributed by atoms with Gasteiger partial charge in [0.1, 0.15) is 12.4 Å². The minimum absolute atomic E-state index is 0.522. The summed E-state index contributed by atoms with van der Waals surface area (Å²) in [5, 5.41) is 5.47. The van der Waals surface area contributed by atoms with Gasteiger partial charge >= 0.3 is 0 Å². The second kappa shape index (κ2) is 5.82. The molecule has 3 rings (SSSR count). The molecule has 0 bridgehead atoms. The van der Waals surface area contributed by atoms with Crippen LogP contribution in [0.5, 0.6) is 5.75 Å². The summed E-state index contributed by atoms with van der Waals surface area (Å²) in [6.07, 6.45) is 2.39. The van der Waals surface area contributed by atoms with Gasteiger partial charge in [0.2, 0.25) is 0 Å². The van der Waals surface area contributed by atoms with Crippen LogP contribution in [0.3, 0.4) is 0 Å². The predicted molar refractivity (Wildman–Crippen MR) is 82.1 cm³/mol. The molecule has 0 saturated heterocycles. The van der Waals surface area contributed by atoms with Gasteiger partial charge in [-0.3, -0.25) is 0 Å². The first-order valence-corrected chi connectivity index (χ1v) is 7.00. The standard InChI is InChI=1S/C16H19N3O/c17-16(19-13-8-9-13)18-10-11-20-15-7-3-5-12-4-1-2-6-14(12)15/h1-7,13H,8-11H2,(H3,17,18,19). The monoisotopic (exact) mass is 269 g/mol. The van der Waals surface area contributed by atoms with Gasteiger partial charge in [-0.25, -0.2) is 4.99 Å². The van der Waals surface area contributed by atoms with E-state index in [1.165, 1.54) is 18.2 Å². The van der Waals surface area contributed by atoms with Gasteiger partial charge in [0.15, 0.2) is 5.96 Å². The molecule has 0 atom stereocenters. The van der Waals surface area contributed by atoms with Crippen molar-refractivity contribution in [3.63, 3.8) is 0 Å². The second-order valence-electron chi connectivity index (χ2n) is 5.01. The molecule has 2 aromatic rings. The van der Waals surface area contributed by atoms with Gasteiger partial charge in [0.05, 0.1) is 6.54 Å². The quantitative estimate of drug-likeness (QED) is 0.497. The Hall–Kier alpha value is -2.23. The van der Waals surface area contributed by atoms with Gasteiger partial charge in [-0.15, -0.1) is 0 Å². The summed E-state index contributed by atoms with van der Waals surface area (Å²) in [6.45, 7) is 1.09. The molecule has 0 radical (unpaired) electrons. The molecule has 4 heteroatoms. The molecule has 0 aliphatic heterocycles. The van der Waals surface area contributed by atoms with Crippen molar-refractivity contribution >= 4 is 16.7 Å². The van der Waals surface area contributed by atoms with E-state index in [0.29, 0.717) is 25.2 Å². The fourth-order valence-electron chi connectivity index (χ4n) is 2.13. The molecule has 0 aromatic heterocycles. The Morgan fingerprint density at radius 3 is 2.85 bits per heavy atom. The molecule has 0 heterocycles. The molecule has 0 unspecified atom stereocenters. The topological polar surface area (TPSA) is 59.6 Å². The highest BCUT2D eigenvalue weighted by Crippen LogP contribution is 2.24. The van der Waals surface area contributed by atoms with Crippen LogP contribution in [0.1, 0.15) is 12.8 Å². The van der Waals surface area contributed by atoms with Gasteiger partial charge in [0, 0.05) is 11.4 Å². The number of nitrogens with one attached hydrogen (secondary N) is 1. The fourth-order valence-corrected chi connectivity index (χ4v) is 2.13. The molecule has 4 nitrogen and oxygen atoms in total. The summed E-state index contributed by atoms with van der Waals surface area (Å²) in [5.41, 5.74) is 5.77. The summed E-state index contributed by atoms with van der Waals surface area (Å²) in [6, 6.07) is 14.8. The number of hydrogen-bond donors (Lipinski definition) is 2. The van der Waals surface area contributed by atoms with Crippen molar-refractivity contribution in [1.82, 2.24) is 5.32 Å². The lowest BCUT2D eigenvalue weighted by Crippen LogP contribution is -2.33. The van der Waals surface area contributed by atoms with Crippen LogP contribution < -0.4 is 15.8 Å². The smallest absolute Gasteiger partial charge is 0.188 e. The highest BCUT2D eigenvalue weighted by Gasteiger charge is 2.21. The Morgan fingerprint density at radius 2 is 2.00 bits per heavy atom. The number of rotatable bonds is 5. The summed E-state index contributed by atoms with van der Waals surface area (Å²) in [5.74, 6) is 1.42. The van der Waals surface area contributed by atoms with E-state index in [1.807, 2.05) is 24.3 Å². The largest absolute Gasteiger partial charge is 0.491 e. The third-order valence-corrected chi connectivity index (χ3v) is 3.31. The minimum atomic E-state index is 0.522. The zero-order chi connectivity index (χ0) is 13.8. The maximum atomic E-state index is 5.80. The molecule has 104 valence electrons. The highest BCUT2D eigenvalue weighted by molar-refractivity contribution is 5.88. The van der Waals surface area contributed by atoms with Crippen molar-refractivity contribution in [2.24, 2.45) is 10.7 Å². The average molecular weight is 269 g/mol. The zero-order valence-corrected chi connectivity index (χ0v) is 11.4. The number of nitrogens with zero attached hydrogens (tertiary/aromatic N) is 1. The van der Waals surface area contributed by atoms with Crippen LogP contribution in [0.25, 0.3) is 10.8 Å². The van der Waals surface area contributed by atoms with Crippen LogP contribution in [-0.2, 0) is 0 Å². The van der Waals surface area contributed by atoms with Gasteiger partial charge < -0.3 is 15.8 Å². The lowest BCUT2D eigenvalue weighted by atomic mass is 10.1. The van der Waals surface area contributed by atoms with E-state index in [1.54, 1.807) is 0 Å². The van der Waals surface area contributed by atoms with Gasteiger partial charge in [-0.05, 0) is 24.3 Å². The molecule has 1 aliphatic carbocycles. The Bertz CT molecular complexity index is 615. The Morgan fingerprint density at radius 1 is 1.20 bits per heavy atom. The van der Waals surface area contributed by atoms with Crippen LogP contribution in [0.15, 0.2) is 47.5 Å². The van der Waals surface area contributed by atoms with E-state index in [9.17, 15) is 0 Å². The van der Waals surface area contributed by atoms with E-state index in [-0.39, 0.29) is 0 Å². The lowest BCUT2D eigenvalue weighted by molar-refractivity contribution is 0.332. The van der Waals surface area contributed by atoms with E-state index < -0.39 is 0 Å². The third-order valence-electron chi connectivity index (χ3n) is 3.31. The molecule has 0 spiro atoms. The number of fused-ring (bicyclic) bond motifs is 1. The van der Waals surface area contributed by atoms with Gasteiger partial charge in [-0.1, -0.05) is 36.4 Å². The third kappa shape index (κ3) is 3.20. The maximum Gasteiger partial charge on any atom is 0.188 e. The summed E-state index contributed by atoms with van der Waals surface area (Å²) in [7, 11) is 0. The molecule has 1 saturated carbocycles. The molecule has 1 fully saturated rings. The molecular weight excluding hydrogens is 250 g/mol. The number of hydrogen-bond acceptors (Lipinski definition) is 2. The van der Waals surface area contributed by atoms with Gasteiger partial charge in [0.25, 0.3) is 0 Å². The van der Waals surface area contributed by atoms with Crippen molar-refractivity contribution in [3.8, 4) is 5.75 Å². The normalized spacial score (nSPS) is 15.3. The molecule has 20 heavy (non-hydrogen) atoms. The Kier molecular flexibility index (Phi) is 3.72.